The fourth-order valence-electron chi connectivity index (χ4n) is 2.84. The first-order valence-corrected chi connectivity index (χ1v) is 8.21. The molecule has 1 aromatic rings. The second-order valence-electron chi connectivity index (χ2n) is 6.62. The molecule has 21 heavy (non-hydrogen) atoms. The molecule has 3 heteroatoms. The Morgan fingerprint density at radius 1 is 1.38 bits per heavy atom. The van der Waals surface area contributed by atoms with Gasteiger partial charge in [0.1, 0.15) is 11.9 Å². The van der Waals surface area contributed by atoms with Crippen LogP contribution in [0.1, 0.15) is 52.0 Å². The molecule has 118 valence electrons. The molecule has 1 fully saturated rings. The Hall–Kier alpha value is -1.06. The topological polar surface area (TPSA) is 32.7 Å². The minimum absolute atomic E-state index is 0.271. The summed E-state index contributed by atoms with van der Waals surface area (Å²) in [7, 11) is 0. The van der Waals surface area contributed by atoms with Crippen LogP contribution >= 0.6 is 0 Å². The Bertz CT molecular complexity index is 439. The van der Waals surface area contributed by atoms with Gasteiger partial charge in [0, 0.05) is 6.54 Å². The molecule has 1 saturated heterocycles. The summed E-state index contributed by atoms with van der Waals surface area (Å²) in [6, 6.07) is 7.85. The number of rotatable bonds is 6. The molecule has 1 heterocycles. The van der Waals surface area contributed by atoms with E-state index in [1.165, 1.54) is 32.4 Å². The van der Waals surface area contributed by atoms with Gasteiger partial charge in [-0.3, -0.25) is 4.90 Å². The van der Waals surface area contributed by atoms with E-state index in [2.05, 4.69) is 11.8 Å². The molecule has 1 unspecified atom stereocenters. The molecule has 0 spiro atoms. The van der Waals surface area contributed by atoms with Crippen molar-refractivity contribution in [2.45, 2.75) is 58.2 Å². The predicted molar refractivity (Wildman–Crippen MR) is 86.7 cm³/mol. The number of benzene rings is 1. The van der Waals surface area contributed by atoms with Gasteiger partial charge in [0.25, 0.3) is 0 Å². The highest BCUT2D eigenvalue weighted by molar-refractivity contribution is 5.31. The van der Waals surface area contributed by atoms with Gasteiger partial charge in [-0.1, -0.05) is 25.5 Å². The van der Waals surface area contributed by atoms with E-state index in [0.717, 1.165) is 24.3 Å². The van der Waals surface area contributed by atoms with Crippen LogP contribution in [0.15, 0.2) is 24.3 Å². The summed E-state index contributed by atoms with van der Waals surface area (Å²) >= 11 is 0. The van der Waals surface area contributed by atoms with Crippen molar-refractivity contribution in [2.24, 2.45) is 0 Å². The predicted octanol–water partition coefficient (Wildman–Crippen LogP) is 3.56. The molecule has 1 aliphatic heterocycles. The fourth-order valence-corrected chi connectivity index (χ4v) is 2.84. The molecule has 1 aromatic carbocycles. The second kappa shape index (κ2) is 7.28. The molecule has 0 bridgehead atoms. The number of hydrogen-bond donors (Lipinski definition) is 1. The molecule has 0 aliphatic carbocycles. The summed E-state index contributed by atoms with van der Waals surface area (Å²) in [6.45, 7) is 9.24. The summed E-state index contributed by atoms with van der Waals surface area (Å²) in [5.74, 6) is 0.872. The summed E-state index contributed by atoms with van der Waals surface area (Å²) < 4.78 is 6.15. The number of hydrogen-bond acceptors (Lipinski definition) is 3. The van der Waals surface area contributed by atoms with Gasteiger partial charge >= 0.3 is 0 Å². The van der Waals surface area contributed by atoms with Crippen LogP contribution in [0.2, 0.25) is 0 Å². The van der Waals surface area contributed by atoms with Crippen LogP contribution in [0.5, 0.6) is 5.75 Å². The van der Waals surface area contributed by atoms with E-state index in [0.29, 0.717) is 0 Å². The highest BCUT2D eigenvalue weighted by atomic mass is 16.5. The molecule has 1 atom stereocenters. The van der Waals surface area contributed by atoms with Crippen molar-refractivity contribution in [3.63, 3.8) is 0 Å². The number of piperidine rings is 1. The van der Waals surface area contributed by atoms with E-state index in [-0.39, 0.29) is 6.10 Å². The quantitative estimate of drug-likeness (QED) is 0.870. The van der Waals surface area contributed by atoms with E-state index < -0.39 is 5.60 Å². The minimum Gasteiger partial charge on any atom is -0.489 e. The van der Waals surface area contributed by atoms with Gasteiger partial charge in [0.15, 0.2) is 0 Å². The van der Waals surface area contributed by atoms with Crippen LogP contribution in [0, 0.1) is 0 Å². The lowest BCUT2D eigenvalue weighted by Gasteiger charge is -2.33. The standard InChI is InChI=1S/C18H29NO2/c1-4-5-11-19-12-7-10-17(14-19)21-16-9-6-8-15(13-16)18(2,3)20/h6,8-9,13,17,20H,4-5,7,10-12,14H2,1-3H3. The van der Waals surface area contributed by atoms with Gasteiger partial charge in [0.05, 0.1) is 5.60 Å². The second-order valence-corrected chi connectivity index (χ2v) is 6.62. The van der Waals surface area contributed by atoms with Crippen molar-refractivity contribution in [1.29, 1.82) is 0 Å². The fraction of sp³-hybridized carbons (Fsp3) is 0.667. The molecule has 1 N–H and O–H groups in total. The molecule has 0 radical (unpaired) electrons. The molecular formula is C18H29NO2. The lowest BCUT2D eigenvalue weighted by Crippen LogP contribution is -2.41. The third kappa shape index (κ3) is 5.01. The maximum atomic E-state index is 10.1. The number of ether oxygens (including phenoxy) is 1. The Kier molecular flexibility index (Phi) is 5.65. The number of likely N-dealkylation sites (tertiary alicyclic amines) is 1. The van der Waals surface area contributed by atoms with Crippen LogP contribution in [-0.2, 0) is 5.60 Å². The molecule has 0 saturated carbocycles. The van der Waals surface area contributed by atoms with E-state index in [4.69, 9.17) is 4.74 Å². The summed E-state index contributed by atoms with van der Waals surface area (Å²) in [5.41, 5.74) is 0.0812. The SMILES string of the molecule is CCCCN1CCCC(Oc2cccc(C(C)(C)O)c2)C1. The van der Waals surface area contributed by atoms with Crippen LogP contribution in [0.3, 0.4) is 0 Å². The van der Waals surface area contributed by atoms with Gasteiger partial charge in [-0.05, 0) is 63.9 Å². The molecule has 0 aromatic heterocycles. The molecule has 2 rings (SSSR count). The zero-order chi connectivity index (χ0) is 15.3. The zero-order valence-corrected chi connectivity index (χ0v) is 13.6. The Balaban J connectivity index is 1.95. The average molecular weight is 291 g/mol. The smallest absolute Gasteiger partial charge is 0.120 e. The van der Waals surface area contributed by atoms with Gasteiger partial charge in [-0.15, -0.1) is 0 Å². The number of unbranched alkanes of at least 4 members (excludes halogenated alkanes) is 1. The lowest BCUT2D eigenvalue weighted by atomic mass is 9.98. The van der Waals surface area contributed by atoms with Crippen LogP contribution < -0.4 is 4.74 Å². The van der Waals surface area contributed by atoms with E-state index in [1.807, 2.05) is 24.3 Å². The minimum atomic E-state index is -0.820. The maximum Gasteiger partial charge on any atom is 0.120 e. The lowest BCUT2D eigenvalue weighted by molar-refractivity contribution is 0.0751. The Morgan fingerprint density at radius 2 is 2.19 bits per heavy atom. The van der Waals surface area contributed by atoms with Gasteiger partial charge in [-0.2, -0.15) is 0 Å². The number of aliphatic hydroxyl groups is 1. The van der Waals surface area contributed by atoms with Crippen LogP contribution in [0.25, 0.3) is 0 Å². The highest BCUT2D eigenvalue weighted by Crippen LogP contribution is 2.25. The van der Waals surface area contributed by atoms with Crippen molar-refractivity contribution in [2.75, 3.05) is 19.6 Å². The van der Waals surface area contributed by atoms with Crippen molar-refractivity contribution in [1.82, 2.24) is 4.90 Å². The third-order valence-corrected chi connectivity index (χ3v) is 4.13. The largest absolute Gasteiger partial charge is 0.489 e. The monoisotopic (exact) mass is 291 g/mol. The molecule has 3 nitrogen and oxygen atoms in total. The highest BCUT2D eigenvalue weighted by Gasteiger charge is 2.22. The van der Waals surface area contributed by atoms with Crippen molar-refractivity contribution in [3.8, 4) is 5.75 Å². The normalized spacial score (nSPS) is 20.5. The van der Waals surface area contributed by atoms with E-state index >= 15 is 0 Å². The van der Waals surface area contributed by atoms with E-state index in [9.17, 15) is 5.11 Å². The molecular weight excluding hydrogens is 262 g/mol. The first-order valence-electron chi connectivity index (χ1n) is 8.21. The molecule has 0 amide bonds. The third-order valence-electron chi connectivity index (χ3n) is 4.13. The van der Waals surface area contributed by atoms with Gasteiger partial charge < -0.3 is 9.84 Å². The van der Waals surface area contributed by atoms with Gasteiger partial charge in [0.2, 0.25) is 0 Å². The Labute approximate surface area is 128 Å². The zero-order valence-electron chi connectivity index (χ0n) is 13.6. The summed E-state index contributed by atoms with van der Waals surface area (Å²) in [6.07, 6.45) is 5.11. The first kappa shape index (κ1) is 16.3. The Morgan fingerprint density at radius 3 is 2.90 bits per heavy atom. The molecule has 1 aliphatic rings. The maximum absolute atomic E-state index is 10.1. The summed E-state index contributed by atoms with van der Waals surface area (Å²) in [5, 5.41) is 10.1. The summed E-state index contributed by atoms with van der Waals surface area (Å²) in [4.78, 5) is 2.51. The van der Waals surface area contributed by atoms with E-state index in [1.54, 1.807) is 13.8 Å². The van der Waals surface area contributed by atoms with Crippen molar-refractivity contribution >= 4 is 0 Å². The van der Waals surface area contributed by atoms with Crippen LogP contribution in [-0.4, -0.2) is 35.7 Å². The average Bonchev–Trinajstić information content (AvgIpc) is 2.45. The van der Waals surface area contributed by atoms with Crippen molar-refractivity contribution < 1.29 is 9.84 Å². The first-order chi connectivity index (χ1) is 9.99. The van der Waals surface area contributed by atoms with Gasteiger partial charge in [-0.25, -0.2) is 0 Å². The van der Waals surface area contributed by atoms with Crippen molar-refractivity contribution in [3.05, 3.63) is 29.8 Å². The van der Waals surface area contributed by atoms with Crippen LogP contribution in [0.4, 0.5) is 0 Å². The number of nitrogens with zero attached hydrogens (tertiary/aromatic N) is 1.